The Morgan fingerprint density at radius 2 is 1.56 bits per heavy atom. The van der Waals surface area contributed by atoms with Gasteiger partial charge in [-0.2, -0.15) is 0 Å². The van der Waals surface area contributed by atoms with Crippen molar-refractivity contribution in [1.82, 2.24) is 9.80 Å². The first-order valence-electron chi connectivity index (χ1n) is 10.5. The molecule has 2 amide bonds. The van der Waals surface area contributed by atoms with Gasteiger partial charge in [-0.3, -0.25) is 9.59 Å². The van der Waals surface area contributed by atoms with E-state index in [0.717, 1.165) is 50.9 Å². The van der Waals surface area contributed by atoms with E-state index in [0.29, 0.717) is 41.9 Å². The summed E-state index contributed by atoms with van der Waals surface area (Å²) in [5.41, 5.74) is 0. The zero-order chi connectivity index (χ0) is 17.6. The Morgan fingerprint density at radius 3 is 2.24 bits per heavy atom. The molecular formula is C21H34N2O2. The molecule has 2 saturated heterocycles. The van der Waals surface area contributed by atoms with E-state index in [4.69, 9.17) is 0 Å². The van der Waals surface area contributed by atoms with Crippen LogP contribution in [0.2, 0.25) is 0 Å². The maximum atomic E-state index is 12.7. The summed E-state index contributed by atoms with van der Waals surface area (Å²) in [4.78, 5) is 29.0. The monoisotopic (exact) mass is 346 g/mol. The van der Waals surface area contributed by atoms with E-state index in [1.54, 1.807) is 0 Å². The van der Waals surface area contributed by atoms with Gasteiger partial charge in [0.1, 0.15) is 0 Å². The molecule has 2 aliphatic carbocycles. The van der Waals surface area contributed by atoms with Crippen LogP contribution in [0.5, 0.6) is 0 Å². The summed E-state index contributed by atoms with van der Waals surface area (Å²) in [6, 6.07) is 0. The molecule has 0 aromatic rings. The van der Waals surface area contributed by atoms with Gasteiger partial charge in [0.25, 0.3) is 0 Å². The Balaban J connectivity index is 1.21. The van der Waals surface area contributed by atoms with Gasteiger partial charge in [0, 0.05) is 39.0 Å². The van der Waals surface area contributed by atoms with Gasteiger partial charge in [-0.1, -0.05) is 13.8 Å². The Labute approximate surface area is 152 Å². The minimum atomic E-state index is 0.315. The third-order valence-corrected chi connectivity index (χ3v) is 7.13. The number of amides is 2. The molecule has 2 saturated carbocycles. The minimum absolute atomic E-state index is 0.315. The van der Waals surface area contributed by atoms with Crippen LogP contribution in [-0.4, -0.2) is 47.8 Å². The van der Waals surface area contributed by atoms with Gasteiger partial charge >= 0.3 is 0 Å². The quantitative estimate of drug-likeness (QED) is 0.767. The first-order valence-corrected chi connectivity index (χ1v) is 10.5. The first kappa shape index (κ1) is 17.4. The van der Waals surface area contributed by atoms with Crippen molar-refractivity contribution in [2.75, 3.05) is 26.2 Å². The zero-order valence-electron chi connectivity index (χ0n) is 16.0. The highest BCUT2D eigenvalue weighted by Crippen LogP contribution is 2.55. The maximum Gasteiger partial charge on any atom is 0.222 e. The summed E-state index contributed by atoms with van der Waals surface area (Å²) in [6.45, 7) is 7.95. The van der Waals surface area contributed by atoms with Crippen molar-refractivity contribution in [2.45, 2.75) is 58.8 Å². The second-order valence-corrected chi connectivity index (χ2v) is 9.70. The molecule has 3 atom stereocenters. The van der Waals surface area contributed by atoms with Gasteiger partial charge in [-0.15, -0.1) is 0 Å². The smallest absolute Gasteiger partial charge is 0.222 e. The van der Waals surface area contributed by atoms with Gasteiger partial charge < -0.3 is 9.80 Å². The van der Waals surface area contributed by atoms with E-state index >= 15 is 0 Å². The van der Waals surface area contributed by atoms with Crippen LogP contribution in [0.25, 0.3) is 0 Å². The number of carbonyl (C=O) groups is 2. The van der Waals surface area contributed by atoms with E-state index < -0.39 is 0 Å². The summed E-state index contributed by atoms with van der Waals surface area (Å²) in [5.74, 6) is 4.99. The van der Waals surface area contributed by atoms with E-state index in [2.05, 4.69) is 18.7 Å². The van der Waals surface area contributed by atoms with Crippen molar-refractivity contribution >= 4 is 11.8 Å². The van der Waals surface area contributed by atoms with Gasteiger partial charge in [-0.25, -0.2) is 0 Å². The van der Waals surface area contributed by atoms with Gasteiger partial charge in [-0.05, 0) is 67.6 Å². The molecular weight excluding hydrogens is 312 g/mol. The van der Waals surface area contributed by atoms with Crippen molar-refractivity contribution in [3.8, 4) is 0 Å². The predicted molar refractivity (Wildman–Crippen MR) is 97.8 cm³/mol. The van der Waals surface area contributed by atoms with Crippen molar-refractivity contribution in [2.24, 2.45) is 35.5 Å². The topological polar surface area (TPSA) is 40.6 Å². The number of nitrogens with zero attached hydrogens (tertiary/aromatic N) is 2. The summed E-state index contributed by atoms with van der Waals surface area (Å²) in [7, 11) is 0. The Bertz CT molecular complexity index is 516. The average molecular weight is 347 g/mol. The van der Waals surface area contributed by atoms with Crippen LogP contribution < -0.4 is 0 Å². The fourth-order valence-corrected chi connectivity index (χ4v) is 5.50. The number of rotatable bonds is 5. The molecule has 4 aliphatic rings. The molecule has 0 radical (unpaired) electrons. The van der Waals surface area contributed by atoms with Crippen LogP contribution in [0.4, 0.5) is 0 Å². The minimum Gasteiger partial charge on any atom is -0.342 e. The fraction of sp³-hybridized carbons (Fsp3) is 0.905. The van der Waals surface area contributed by atoms with Crippen LogP contribution in [0.15, 0.2) is 0 Å². The van der Waals surface area contributed by atoms with Crippen LogP contribution in [0.3, 0.4) is 0 Å². The highest BCUT2D eigenvalue weighted by Gasteiger charge is 2.46. The van der Waals surface area contributed by atoms with Crippen molar-refractivity contribution < 1.29 is 9.59 Å². The van der Waals surface area contributed by atoms with Crippen molar-refractivity contribution in [1.29, 1.82) is 0 Å². The van der Waals surface area contributed by atoms with Crippen LogP contribution >= 0.6 is 0 Å². The molecule has 4 heteroatoms. The van der Waals surface area contributed by atoms with E-state index in [9.17, 15) is 9.59 Å². The number of fused-ring (bicyclic) bond motifs is 1. The second kappa shape index (κ2) is 6.92. The number of carbonyl (C=O) groups excluding carboxylic acids is 2. The third-order valence-electron chi connectivity index (χ3n) is 7.13. The maximum absolute atomic E-state index is 12.7. The van der Waals surface area contributed by atoms with Crippen molar-refractivity contribution in [3.05, 3.63) is 0 Å². The molecule has 0 N–H and O–H groups in total. The highest BCUT2D eigenvalue weighted by atomic mass is 16.2. The molecule has 0 aromatic carbocycles. The predicted octanol–water partition coefficient (Wildman–Crippen LogP) is 3.17. The molecule has 3 unspecified atom stereocenters. The van der Waals surface area contributed by atoms with Crippen LogP contribution in [0, 0.1) is 35.5 Å². The Morgan fingerprint density at radius 1 is 0.880 bits per heavy atom. The normalized spacial score (nSPS) is 34.8. The molecule has 25 heavy (non-hydrogen) atoms. The number of hydrogen-bond donors (Lipinski definition) is 0. The van der Waals surface area contributed by atoms with E-state index in [1.165, 1.54) is 25.7 Å². The summed E-state index contributed by atoms with van der Waals surface area (Å²) >= 11 is 0. The van der Waals surface area contributed by atoms with E-state index in [1.807, 2.05) is 4.90 Å². The molecule has 4 nitrogen and oxygen atoms in total. The fourth-order valence-electron chi connectivity index (χ4n) is 5.50. The zero-order valence-corrected chi connectivity index (χ0v) is 16.0. The lowest BCUT2D eigenvalue weighted by molar-refractivity contribution is -0.143. The molecule has 2 aliphatic heterocycles. The van der Waals surface area contributed by atoms with Crippen LogP contribution in [0.1, 0.15) is 58.8 Å². The number of likely N-dealkylation sites (tertiary alicyclic amines) is 2. The van der Waals surface area contributed by atoms with Crippen LogP contribution in [-0.2, 0) is 9.59 Å². The second-order valence-electron chi connectivity index (χ2n) is 9.70. The van der Waals surface area contributed by atoms with Gasteiger partial charge in [0.05, 0.1) is 0 Å². The molecule has 140 valence electrons. The summed E-state index contributed by atoms with van der Waals surface area (Å²) < 4.78 is 0. The molecule has 4 fully saturated rings. The van der Waals surface area contributed by atoms with Gasteiger partial charge in [0.2, 0.25) is 11.8 Å². The summed E-state index contributed by atoms with van der Waals surface area (Å²) in [6.07, 6.45) is 7.89. The van der Waals surface area contributed by atoms with Crippen molar-refractivity contribution in [3.63, 3.8) is 0 Å². The lowest BCUT2D eigenvalue weighted by atomic mass is 9.80. The first-order chi connectivity index (χ1) is 12.0. The van der Waals surface area contributed by atoms with E-state index in [-0.39, 0.29) is 0 Å². The molecule has 0 bridgehead atoms. The average Bonchev–Trinajstić information content (AvgIpc) is 3.12. The third kappa shape index (κ3) is 3.88. The summed E-state index contributed by atoms with van der Waals surface area (Å²) in [5, 5.41) is 0. The number of piperidine rings is 1. The molecule has 0 aromatic heterocycles. The lowest BCUT2D eigenvalue weighted by Gasteiger charge is -2.47. The molecule has 4 rings (SSSR count). The standard InChI is InChI=1S/C21H34N2O2/c1-14(2)6-20(24)23-12-19(13-23)16-4-3-5-22(11-16)21(25)9-15-7-17-10-18(17)8-15/h14-19H,3-13H2,1-2H3. The van der Waals surface area contributed by atoms with Gasteiger partial charge in [0.15, 0.2) is 0 Å². The Kier molecular flexibility index (Phi) is 4.81. The SMILES string of the molecule is CC(C)CC(=O)N1CC(C2CCCN(C(=O)CC3CC4CC4C3)C2)C1. The molecule has 0 spiro atoms. The Hall–Kier alpha value is -1.06. The lowest BCUT2D eigenvalue weighted by Crippen LogP contribution is -2.56. The largest absolute Gasteiger partial charge is 0.342 e. The number of hydrogen-bond acceptors (Lipinski definition) is 2. The molecule has 2 heterocycles. The highest BCUT2D eigenvalue weighted by molar-refractivity contribution is 5.77.